The van der Waals surface area contributed by atoms with Crippen molar-refractivity contribution in [1.29, 1.82) is 5.26 Å². The highest BCUT2D eigenvalue weighted by atomic mass is 19.4. The van der Waals surface area contributed by atoms with Gasteiger partial charge in [0.15, 0.2) is 0 Å². The van der Waals surface area contributed by atoms with E-state index >= 15 is 0 Å². The standard InChI is InChI=1S/C10H12F3N3O/c1-6(2)5-16-7(4-14)3-8(10(11,12)13)15-9(16)17/h3,6-7H,5H2,1-2H3,(H,15,17). The van der Waals surface area contributed by atoms with Gasteiger partial charge in [-0.15, -0.1) is 0 Å². The third-order valence-corrected chi connectivity index (χ3v) is 2.16. The summed E-state index contributed by atoms with van der Waals surface area (Å²) < 4.78 is 37.2. The highest BCUT2D eigenvalue weighted by Crippen LogP contribution is 2.27. The number of rotatable bonds is 2. The van der Waals surface area contributed by atoms with E-state index < -0.39 is 23.9 Å². The quantitative estimate of drug-likeness (QED) is 0.811. The fourth-order valence-corrected chi connectivity index (χ4v) is 1.47. The van der Waals surface area contributed by atoms with Crippen molar-refractivity contribution in [2.24, 2.45) is 5.92 Å². The highest BCUT2D eigenvalue weighted by Gasteiger charge is 2.40. The van der Waals surface area contributed by atoms with E-state index in [0.29, 0.717) is 0 Å². The van der Waals surface area contributed by atoms with Gasteiger partial charge in [0, 0.05) is 6.54 Å². The molecule has 0 bridgehead atoms. The van der Waals surface area contributed by atoms with E-state index in [1.165, 1.54) is 0 Å². The summed E-state index contributed by atoms with van der Waals surface area (Å²) >= 11 is 0. The van der Waals surface area contributed by atoms with Crippen LogP contribution in [0, 0.1) is 17.2 Å². The third kappa shape index (κ3) is 3.12. The molecule has 7 heteroatoms. The fourth-order valence-electron chi connectivity index (χ4n) is 1.47. The minimum atomic E-state index is -4.64. The Morgan fingerprint density at radius 2 is 2.18 bits per heavy atom. The van der Waals surface area contributed by atoms with Crippen molar-refractivity contribution in [1.82, 2.24) is 10.2 Å². The van der Waals surface area contributed by atoms with Crippen LogP contribution in [0.5, 0.6) is 0 Å². The van der Waals surface area contributed by atoms with Crippen molar-refractivity contribution in [3.63, 3.8) is 0 Å². The van der Waals surface area contributed by atoms with E-state index in [1.54, 1.807) is 11.4 Å². The smallest absolute Gasteiger partial charge is 0.305 e. The fraction of sp³-hybridized carbons (Fsp3) is 0.600. The zero-order chi connectivity index (χ0) is 13.2. The number of amides is 2. The van der Waals surface area contributed by atoms with E-state index in [2.05, 4.69) is 0 Å². The Balaban J connectivity index is 2.99. The van der Waals surface area contributed by atoms with Crippen molar-refractivity contribution in [3.05, 3.63) is 11.8 Å². The normalized spacial score (nSPS) is 21.0. The summed E-state index contributed by atoms with van der Waals surface area (Å²) in [5.74, 6) is 0.0671. The van der Waals surface area contributed by atoms with Gasteiger partial charge >= 0.3 is 12.2 Å². The van der Waals surface area contributed by atoms with Crippen LogP contribution in [0.4, 0.5) is 18.0 Å². The Morgan fingerprint density at radius 1 is 1.59 bits per heavy atom. The van der Waals surface area contributed by atoms with Gasteiger partial charge in [0.2, 0.25) is 0 Å². The Labute approximate surface area is 96.7 Å². The molecule has 94 valence electrons. The number of nitriles is 1. The lowest BCUT2D eigenvalue weighted by atomic mass is 10.1. The maximum absolute atomic E-state index is 12.4. The van der Waals surface area contributed by atoms with Crippen LogP contribution in [-0.4, -0.2) is 29.7 Å². The van der Waals surface area contributed by atoms with Gasteiger partial charge in [0.25, 0.3) is 0 Å². The van der Waals surface area contributed by atoms with Crippen molar-refractivity contribution in [2.75, 3.05) is 6.54 Å². The monoisotopic (exact) mass is 247 g/mol. The molecular formula is C10H12F3N3O. The molecule has 0 aliphatic carbocycles. The first kappa shape index (κ1) is 13.4. The van der Waals surface area contributed by atoms with Gasteiger partial charge in [0.1, 0.15) is 11.7 Å². The molecule has 0 fully saturated rings. The Bertz CT molecular complexity index is 381. The number of nitrogens with zero attached hydrogens (tertiary/aromatic N) is 2. The first-order chi connectivity index (χ1) is 7.75. The zero-order valence-electron chi connectivity index (χ0n) is 9.38. The van der Waals surface area contributed by atoms with Crippen molar-refractivity contribution in [2.45, 2.75) is 26.1 Å². The SMILES string of the molecule is CC(C)CN1C(=O)NC(C(F)(F)F)=CC1C#N. The Morgan fingerprint density at radius 3 is 2.59 bits per heavy atom. The molecule has 1 atom stereocenters. The average Bonchev–Trinajstić information content (AvgIpc) is 2.18. The maximum atomic E-state index is 12.4. The number of nitrogens with one attached hydrogen (secondary N) is 1. The first-order valence-electron chi connectivity index (χ1n) is 5.02. The lowest BCUT2D eigenvalue weighted by Gasteiger charge is -2.32. The van der Waals surface area contributed by atoms with E-state index in [9.17, 15) is 18.0 Å². The second-order valence-electron chi connectivity index (χ2n) is 4.13. The predicted octanol–water partition coefficient (Wildman–Crippen LogP) is 2.01. The molecule has 0 aromatic heterocycles. The summed E-state index contributed by atoms with van der Waals surface area (Å²) in [5.41, 5.74) is -1.17. The summed E-state index contributed by atoms with van der Waals surface area (Å²) in [6.07, 6.45) is -3.92. The van der Waals surface area contributed by atoms with Crippen LogP contribution in [0.2, 0.25) is 0 Å². The molecule has 0 saturated heterocycles. The minimum Gasteiger partial charge on any atom is -0.305 e. The maximum Gasteiger partial charge on any atom is 0.431 e. The number of halogens is 3. The van der Waals surface area contributed by atoms with Crippen molar-refractivity contribution >= 4 is 6.03 Å². The summed E-state index contributed by atoms with van der Waals surface area (Å²) in [4.78, 5) is 12.6. The molecule has 17 heavy (non-hydrogen) atoms. The van der Waals surface area contributed by atoms with Crippen LogP contribution in [0.3, 0.4) is 0 Å². The number of carbonyl (C=O) groups is 1. The summed E-state index contributed by atoms with van der Waals surface area (Å²) in [6.45, 7) is 3.85. The van der Waals surface area contributed by atoms with Gasteiger partial charge < -0.3 is 10.2 Å². The van der Waals surface area contributed by atoms with Crippen molar-refractivity contribution < 1.29 is 18.0 Å². The predicted molar refractivity (Wildman–Crippen MR) is 53.6 cm³/mol. The molecule has 0 radical (unpaired) electrons. The molecule has 1 aliphatic rings. The van der Waals surface area contributed by atoms with Gasteiger partial charge in [-0.3, -0.25) is 0 Å². The van der Waals surface area contributed by atoms with E-state index in [4.69, 9.17) is 5.26 Å². The molecule has 1 rings (SSSR count). The molecular weight excluding hydrogens is 235 g/mol. The zero-order valence-corrected chi connectivity index (χ0v) is 9.38. The third-order valence-electron chi connectivity index (χ3n) is 2.16. The molecule has 0 aromatic rings. The summed E-state index contributed by atoms with van der Waals surface area (Å²) in [5, 5.41) is 10.5. The second kappa shape index (κ2) is 4.65. The molecule has 1 heterocycles. The first-order valence-corrected chi connectivity index (χ1v) is 5.02. The number of alkyl halides is 3. The van der Waals surface area contributed by atoms with Gasteiger partial charge in [-0.25, -0.2) is 4.79 Å². The van der Waals surface area contributed by atoms with Gasteiger partial charge in [-0.1, -0.05) is 13.8 Å². The van der Waals surface area contributed by atoms with Crippen LogP contribution in [0.1, 0.15) is 13.8 Å². The topological polar surface area (TPSA) is 56.1 Å². The number of hydrogen-bond donors (Lipinski definition) is 1. The van der Waals surface area contributed by atoms with E-state index in [-0.39, 0.29) is 12.5 Å². The van der Waals surface area contributed by atoms with E-state index in [1.807, 2.05) is 13.8 Å². The lowest BCUT2D eigenvalue weighted by molar-refractivity contribution is -0.0972. The largest absolute Gasteiger partial charge is 0.431 e. The summed E-state index contributed by atoms with van der Waals surface area (Å²) in [6, 6.07) is -0.386. The number of carbonyl (C=O) groups excluding carboxylic acids is 1. The summed E-state index contributed by atoms with van der Waals surface area (Å²) in [7, 11) is 0. The van der Waals surface area contributed by atoms with Gasteiger partial charge in [0.05, 0.1) is 6.07 Å². The number of hydrogen-bond acceptors (Lipinski definition) is 2. The van der Waals surface area contributed by atoms with Crippen LogP contribution < -0.4 is 5.32 Å². The van der Waals surface area contributed by atoms with E-state index in [0.717, 1.165) is 11.0 Å². The molecule has 1 aliphatic heterocycles. The lowest BCUT2D eigenvalue weighted by Crippen LogP contribution is -2.52. The molecule has 0 spiro atoms. The molecule has 4 nitrogen and oxygen atoms in total. The Hall–Kier alpha value is -1.71. The van der Waals surface area contributed by atoms with Crippen LogP contribution in [-0.2, 0) is 0 Å². The van der Waals surface area contributed by atoms with Crippen LogP contribution >= 0.6 is 0 Å². The molecule has 2 amide bonds. The highest BCUT2D eigenvalue weighted by molar-refractivity contribution is 5.79. The number of urea groups is 1. The molecule has 0 aromatic carbocycles. The minimum absolute atomic E-state index is 0.0671. The van der Waals surface area contributed by atoms with Gasteiger partial charge in [-0.2, -0.15) is 18.4 Å². The molecule has 0 saturated carbocycles. The Kier molecular flexibility index (Phi) is 3.66. The van der Waals surface area contributed by atoms with Gasteiger partial charge in [-0.05, 0) is 12.0 Å². The van der Waals surface area contributed by atoms with Crippen LogP contribution in [0.15, 0.2) is 11.8 Å². The number of allylic oxidation sites excluding steroid dienone is 1. The molecule has 1 N–H and O–H groups in total. The van der Waals surface area contributed by atoms with Crippen LogP contribution in [0.25, 0.3) is 0 Å². The average molecular weight is 247 g/mol. The molecule has 1 unspecified atom stereocenters. The van der Waals surface area contributed by atoms with Crippen molar-refractivity contribution in [3.8, 4) is 6.07 Å². The second-order valence-corrected chi connectivity index (χ2v) is 4.13.